The van der Waals surface area contributed by atoms with E-state index in [1.165, 1.54) is 12.8 Å². The third kappa shape index (κ3) is 4.07. The van der Waals surface area contributed by atoms with E-state index in [1.54, 1.807) is 0 Å². The standard InChI is InChI=1S/C12H25N5/c1-9(2)7-6-8-10(3)17-12(11(4)13-5)14-15-16-17/h9-11,13H,6-8H2,1-5H3. The zero-order chi connectivity index (χ0) is 12.8. The highest BCUT2D eigenvalue weighted by molar-refractivity contribution is 4.90. The number of rotatable bonds is 7. The maximum absolute atomic E-state index is 4.10. The number of tetrazole rings is 1. The fourth-order valence-corrected chi connectivity index (χ4v) is 1.87. The lowest BCUT2D eigenvalue weighted by molar-refractivity contribution is 0.389. The summed E-state index contributed by atoms with van der Waals surface area (Å²) in [6, 6.07) is 0.562. The van der Waals surface area contributed by atoms with Crippen LogP contribution in [0.1, 0.15) is 64.9 Å². The summed E-state index contributed by atoms with van der Waals surface area (Å²) in [5.41, 5.74) is 0. The van der Waals surface area contributed by atoms with Crippen molar-refractivity contribution in [2.45, 2.75) is 59.0 Å². The number of nitrogens with one attached hydrogen (secondary N) is 1. The van der Waals surface area contributed by atoms with Crippen molar-refractivity contribution in [3.8, 4) is 0 Å². The predicted molar refractivity (Wildman–Crippen MR) is 68.7 cm³/mol. The highest BCUT2D eigenvalue weighted by Gasteiger charge is 2.16. The van der Waals surface area contributed by atoms with Crippen molar-refractivity contribution in [1.29, 1.82) is 0 Å². The van der Waals surface area contributed by atoms with Crippen LogP contribution in [-0.4, -0.2) is 27.3 Å². The molecule has 1 N–H and O–H groups in total. The third-order valence-electron chi connectivity index (χ3n) is 3.16. The smallest absolute Gasteiger partial charge is 0.168 e. The van der Waals surface area contributed by atoms with Crippen molar-refractivity contribution in [2.75, 3.05) is 7.05 Å². The maximum atomic E-state index is 4.10. The molecule has 0 amide bonds. The molecule has 1 aromatic heterocycles. The zero-order valence-corrected chi connectivity index (χ0v) is 11.6. The van der Waals surface area contributed by atoms with Crippen LogP contribution in [0.25, 0.3) is 0 Å². The first-order valence-electron chi connectivity index (χ1n) is 6.51. The SMILES string of the molecule is CNC(C)c1nnnn1C(C)CCCC(C)C. The van der Waals surface area contributed by atoms with Gasteiger partial charge in [-0.2, -0.15) is 0 Å². The number of hydrogen-bond acceptors (Lipinski definition) is 4. The van der Waals surface area contributed by atoms with Crippen LogP contribution in [0.15, 0.2) is 0 Å². The molecule has 0 saturated heterocycles. The van der Waals surface area contributed by atoms with Crippen LogP contribution >= 0.6 is 0 Å². The lowest BCUT2D eigenvalue weighted by atomic mass is 10.0. The van der Waals surface area contributed by atoms with Crippen LogP contribution in [0.3, 0.4) is 0 Å². The van der Waals surface area contributed by atoms with Crippen LogP contribution in [0.2, 0.25) is 0 Å². The van der Waals surface area contributed by atoms with Crippen molar-refractivity contribution in [3.05, 3.63) is 5.82 Å². The van der Waals surface area contributed by atoms with E-state index in [0.717, 1.165) is 18.2 Å². The Labute approximate surface area is 104 Å². The number of aromatic nitrogens is 4. The number of hydrogen-bond donors (Lipinski definition) is 1. The van der Waals surface area contributed by atoms with Crippen LogP contribution < -0.4 is 5.32 Å². The van der Waals surface area contributed by atoms with Gasteiger partial charge in [-0.05, 0) is 43.7 Å². The average molecular weight is 239 g/mol. The molecule has 1 heterocycles. The third-order valence-corrected chi connectivity index (χ3v) is 3.16. The normalized spacial score (nSPS) is 15.2. The molecule has 17 heavy (non-hydrogen) atoms. The summed E-state index contributed by atoms with van der Waals surface area (Å²) in [6.07, 6.45) is 3.63. The highest BCUT2D eigenvalue weighted by atomic mass is 15.6. The van der Waals surface area contributed by atoms with Crippen molar-refractivity contribution in [3.63, 3.8) is 0 Å². The molecule has 0 fully saturated rings. The minimum atomic E-state index is 0.192. The van der Waals surface area contributed by atoms with Crippen molar-refractivity contribution >= 4 is 0 Å². The van der Waals surface area contributed by atoms with Gasteiger partial charge in [-0.25, -0.2) is 4.68 Å². The Morgan fingerprint density at radius 2 is 1.88 bits per heavy atom. The van der Waals surface area contributed by atoms with E-state index in [9.17, 15) is 0 Å². The predicted octanol–water partition coefficient (Wildman–Crippen LogP) is 2.34. The molecule has 2 unspecified atom stereocenters. The van der Waals surface area contributed by atoms with Crippen molar-refractivity contribution in [2.24, 2.45) is 5.92 Å². The molecule has 1 rings (SSSR count). The topological polar surface area (TPSA) is 55.6 Å². The van der Waals surface area contributed by atoms with Gasteiger partial charge < -0.3 is 5.32 Å². The van der Waals surface area contributed by atoms with Crippen LogP contribution in [0.5, 0.6) is 0 Å². The Kier molecular flexibility index (Phi) is 5.55. The minimum absolute atomic E-state index is 0.192. The Balaban J connectivity index is 2.56. The molecule has 5 nitrogen and oxygen atoms in total. The van der Waals surface area contributed by atoms with Gasteiger partial charge in [0, 0.05) is 0 Å². The van der Waals surface area contributed by atoms with Gasteiger partial charge in [0.05, 0.1) is 12.1 Å². The minimum Gasteiger partial charge on any atom is -0.311 e. The molecule has 0 aliphatic heterocycles. The Morgan fingerprint density at radius 3 is 2.47 bits per heavy atom. The molecular formula is C12H25N5. The summed E-state index contributed by atoms with van der Waals surface area (Å²) in [7, 11) is 1.92. The molecule has 0 radical (unpaired) electrons. The van der Waals surface area contributed by atoms with Gasteiger partial charge in [0.2, 0.25) is 0 Å². The van der Waals surface area contributed by atoms with E-state index in [-0.39, 0.29) is 6.04 Å². The molecular weight excluding hydrogens is 214 g/mol. The van der Waals surface area contributed by atoms with E-state index in [4.69, 9.17) is 0 Å². The first kappa shape index (κ1) is 14.1. The molecule has 5 heteroatoms. The quantitative estimate of drug-likeness (QED) is 0.793. The van der Waals surface area contributed by atoms with Crippen LogP contribution in [0, 0.1) is 5.92 Å². The monoisotopic (exact) mass is 239 g/mol. The molecule has 0 aromatic carbocycles. The molecule has 98 valence electrons. The summed E-state index contributed by atoms with van der Waals surface area (Å²) >= 11 is 0. The van der Waals surface area contributed by atoms with E-state index in [1.807, 2.05) is 11.7 Å². The Hall–Kier alpha value is -0.970. The zero-order valence-electron chi connectivity index (χ0n) is 11.6. The summed E-state index contributed by atoms with van der Waals surface area (Å²) in [6.45, 7) is 8.78. The largest absolute Gasteiger partial charge is 0.311 e. The van der Waals surface area contributed by atoms with Gasteiger partial charge >= 0.3 is 0 Å². The second-order valence-electron chi connectivity index (χ2n) is 5.17. The summed E-state index contributed by atoms with van der Waals surface area (Å²) < 4.78 is 1.95. The fraction of sp³-hybridized carbons (Fsp3) is 0.917. The van der Waals surface area contributed by atoms with Gasteiger partial charge in [-0.1, -0.05) is 26.7 Å². The van der Waals surface area contributed by atoms with Gasteiger partial charge in [-0.3, -0.25) is 0 Å². The van der Waals surface area contributed by atoms with E-state index < -0.39 is 0 Å². The molecule has 0 spiro atoms. The fourth-order valence-electron chi connectivity index (χ4n) is 1.87. The maximum Gasteiger partial charge on any atom is 0.168 e. The molecule has 0 saturated carbocycles. The lowest BCUT2D eigenvalue weighted by Crippen LogP contribution is -2.20. The van der Waals surface area contributed by atoms with E-state index >= 15 is 0 Å². The number of nitrogens with zero attached hydrogens (tertiary/aromatic N) is 4. The Bertz CT molecular complexity index is 320. The molecule has 1 aromatic rings. The van der Waals surface area contributed by atoms with Crippen molar-refractivity contribution in [1.82, 2.24) is 25.5 Å². The van der Waals surface area contributed by atoms with Gasteiger partial charge in [0.15, 0.2) is 5.82 Å². The van der Waals surface area contributed by atoms with Crippen LogP contribution in [0.4, 0.5) is 0 Å². The molecule has 2 atom stereocenters. The van der Waals surface area contributed by atoms with Crippen LogP contribution in [-0.2, 0) is 0 Å². The van der Waals surface area contributed by atoms with E-state index in [2.05, 4.69) is 48.5 Å². The lowest BCUT2D eigenvalue weighted by Gasteiger charge is -2.16. The van der Waals surface area contributed by atoms with Gasteiger partial charge in [-0.15, -0.1) is 5.10 Å². The Morgan fingerprint density at radius 1 is 1.18 bits per heavy atom. The first-order valence-corrected chi connectivity index (χ1v) is 6.51. The molecule has 0 aliphatic rings. The van der Waals surface area contributed by atoms with Gasteiger partial charge in [0.1, 0.15) is 0 Å². The second kappa shape index (κ2) is 6.69. The summed E-state index contributed by atoms with van der Waals surface area (Å²) in [5.74, 6) is 1.69. The average Bonchev–Trinajstić information content (AvgIpc) is 2.76. The summed E-state index contributed by atoms with van der Waals surface area (Å²) in [5, 5.41) is 15.1. The highest BCUT2D eigenvalue weighted by Crippen LogP contribution is 2.19. The molecule has 0 aliphatic carbocycles. The second-order valence-corrected chi connectivity index (χ2v) is 5.17. The van der Waals surface area contributed by atoms with E-state index in [0.29, 0.717) is 6.04 Å². The molecule has 0 bridgehead atoms. The van der Waals surface area contributed by atoms with Gasteiger partial charge in [0.25, 0.3) is 0 Å². The first-order chi connectivity index (χ1) is 8.06. The summed E-state index contributed by atoms with van der Waals surface area (Å²) in [4.78, 5) is 0. The van der Waals surface area contributed by atoms with Crippen molar-refractivity contribution < 1.29 is 0 Å².